The Kier molecular flexibility index (Phi) is 5.34. The number of nitrogens with zero attached hydrogens (tertiary/aromatic N) is 3. The number of halogens is 1. The number of likely N-dealkylation sites (N-methyl/N-ethyl adjacent to an activating group) is 1. The molecule has 0 aliphatic heterocycles. The Bertz CT molecular complexity index is 423. The highest BCUT2D eigenvalue weighted by molar-refractivity contribution is 6.29. The minimum absolute atomic E-state index is 0.0414. The summed E-state index contributed by atoms with van der Waals surface area (Å²) in [6, 6.07) is 1.79. The molecule has 1 N–H and O–H groups in total. The smallest absolute Gasteiger partial charge is 0.239 e. The van der Waals surface area contributed by atoms with Crippen molar-refractivity contribution in [2.45, 2.75) is 33.2 Å². The Morgan fingerprint density at radius 1 is 1.50 bits per heavy atom. The van der Waals surface area contributed by atoms with Gasteiger partial charge in [0, 0.05) is 25.6 Å². The van der Waals surface area contributed by atoms with Gasteiger partial charge in [0.2, 0.25) is 5.91 Å². The number of aryl methyl sites for hydroxylation is 1. The van der Waals surface area contributed by atoms with Gasteiger partial charge in [0.05, 0.1) is 6.54 Å². The summed E-state index contributed by atoms with van der Waals surface area (Å²) >= 11 is 5.92. The highest BCUT2D eigenvalue weighted by Crippen LogP contribution is 2.14. The zero-order valence-electron chi connectivity index (χ0n) is 11.2. The lowest BCUT2D eigenvalue weighted by molar-refractivity contribution is -0.120. The molecule has 1 aromatic heterocycles. The van der Waals surface area contributed by atoms with E-state index in [1.165, 1.54) is 0 Å². The van der Waals surface area contributed by atoms with Crippen molar-refractivity contribution in [3.63, 3.8) is 0 Å². The van der Waals surface area contributed by atoms with E-state index in [2.05, 4.69) is 15.3 Å². The van der Waals surface area contributed by atoms with Crippen LogP contribution in [0.5, 0.6) is 0 Å². The molecular weight excluding hydrogens is 252 g/mol. The zero-order valence-corrected chi connectivity index (χ0v) is 12.0. The molecule has 18 heavy (non-hydrogen) atoms. The lowest BCUT2D eigenvalue weighted by Gasteiger charge is -2.19. The van der Waals surface area contributed by atoms with Gasteiger partial charge in [-0.3, -0.25) is 4.79 Å². The third kappa shape index (κ3) is 4.49. The van der Waals surface area contributed by atoms with Crippen LogP contribution in [-0.4, -0.2) is 35.5 Å². The van der Waals surface area contributed by atoms with Crippen molar-refractivity contribution in [2.75, 3.05) is 18.5 Å². The summed E-state index contributed by atoms with van der Waals surface area (Å²) in [6.07, 6.45) is 0.708. The number of hydrogen-bond acceptors (Lipinski definition) is 4. The van der Waals surface area contributed by atoms with E-state index in [4.69, 9.17) is 11.6 Å². The molecule has 0 aliphatic carbocycles. The lowest BCUT2D eigenvalue weighted by Crippen LogP contribution is -2.38. The maximum atomic E-state index is 11.6. The van der Waals surface area contributed by atoms with Crippen LogP contribution in [0.15, 0.2) is 6.07 Å². The van der Waals surface area contributed by atoms with E-state index in [9.17, 15) is 4.79 Å². The fourth-order valence-corrected chi connectivity index (χ4v) is 1.66. The first-order chi connectivity index (χ1) is 8.42. The first-order valence-corrected chi connectivity index (χ1v) is 6.34. The lowest BCUT2D eigenvalue weighted by atomic mass is 10.3. The van der Waals surface area contributed by atoms with Crippen molar-refractivity contribution in [3.05, 3.63) is 17.0 Å². The summed E-state index contributed by atoms with van der Waals surface area (Å²) in [5.74, 6) is 1.29. The standard InChI is InChI=1S/C12H19ClN4O/c1-5-10-15-9(13)6-11(16-10)17(4)7-12(18)14-8(2)3/h6,8H,5,7H2,1-4H3,(H,14,18). The minimum Gasteiger partial charge on any atom is -0.352 e. The topological polar surface area (TPSA) is 58.1 Å². The summed E-state index contributed by atoms with van der Waals surface area (Å²) in [6.45, 7) is 6.05. The number of aromatic nitrogens is 2. The normalized spacial score (nSPS) is 10.6. The van der Waals surface area contributed by atoms with Gasteiger partial charge < -0.3 is 10.2 Å². The molecule has 0 spiro atoms. The van der Waals surface area contributed by atoms with Crippen molar-refractivity contribution < 1.29 is 4.79 Å². The number of anilines is 1. The quantitative estimate of drug-likeness (QED) is 0.827. The van der Waals surface area contributed by atoms with Gasteiger partial charge in [-0.1, -0.05) is 18.5 Å². The molecule has 1 aromatic rings. The van der Waals surface area contributed by atoms with Gasteiger partial charge in [0.1, 0.15) is 16.8 Å². The van der Waals surface area contributed by atoms with Crippen LogP contribution >= 0.6 is 11.6 Å². The summed E-state index contributed by atoms with van der Waals surface area (Å²) in [4.78, 5) is 21.8. The van der Waals surface area contributed by atoms with Gasteiger partial charge in [0.15, 0.2) is 0 Å². The van der Waals surface area contributed by atoms with Crippen LogP contribution in [0.4, 0.5) is 5.82 Å². The molecule has 0 saturated carbocycles. The van der Waals surface area contributed by atoms with Crippen molar-refractivity contribution in [1.29, 1.82) is 0 Å². The second kappa shape index (κ2) is 6.54. The number of carbonyl (C=O) groups is 1. The predicted octanol–water partition coefficient (Wildman–Crippen LogP) is 1.65. The van der Waals surface area contributed by atoms with Gasteiger partial charge in [-0.05, 0) is 13.8 Å². The number of hydrogen-bond donors (Lipinski definition) is 1. The van der Waals surface area contributed by atoms with E-state index < -0.39 is 0 Å². The summed E-state index contributed by atoms with van der Waals surface area (Å²) in [5.41, 5.74) is 0. The number of carbonyl (C=O) groups excluding carboxylic acids is 1. The van der Waals surface area contributed by atoms with Crippen molar-refractivity contribution in [2.24, 2.45) is 0 Å². The van der Waals surface area contributed by atoms with Crippen molar-refractivity contribution in [3.8, 4) is 0 Å². The first-order valence-electron chi connectivity index (χ1n) is 5.96. The zero-order chi connectivity index (χ0) is 13.7. The van der Waals surface area contributed by atoms with Gasteiger partial charge in [-0.15, -0.1) is 0 Å². The highest BCUT2D eigenvalue weighted by atomic mass is 35.5. The molecule has 0 radical (unpaired) electrons. The Morgan fingerprint density at radius 2 is 2.17 bits per heavy atom. The second-order valence-electron chi connectivity index (χ2n) is 4.40. The Labute approximate surface area is 113 Å². The molecule has 1 amide bonds. The third-order valence-corrected chi connectivity index (χ3v) is 2.46. The van der Waals surface area contributed by atoms with Crippen molar-refractivity contribution >= 4 is 23.3 Å². The molecule has 6 heteroatoms. The molecule has 0 fully saturated rings. The van der Waals surface area contributed by atoms with E-state index in [1.807, 2.05) is 20.8 Å². The Morgan fingerprint density at radius 3 is 2.72 bits per heavy atom. The SMILES string of the molecule is CCc1nc(Cl)cc(N(C)CC(=O)NC(C)C)n1. The monoisotopic (exact) mass is 270 g/mol. The molecule has 1 rings (SSSR count). The van der Waals surface area contributed by atoms with Crippen LogP contribution in [0, 0.1) is 0 Å². The van der Waals surface area contributed by atoms with Crippen LogP contribution in [0.25, 0.3) is 0 Å². The second-order valence-corrected chi connectivity index (χ2v) is 4.78. The summed E-state index contributed by atoms with van der Waals surface area (Å²) in [7, 11) is 1.80. The van der Waals surface area contributed by atoms with Crippen molar-refractivity contribution in [1.82, 2.24) is 15.3 Å². The Hall–Kier alpha value is -1.36. The number of amides is 1. The van der Waals surface area contributed by atoms with Crippen LogP contribution in [0.3, 0.4) is 0 Å². The van der Waals surface area contributed by atoms with Gasteiger partial charge in [0.25, 0.3) is 0 Å². The van der Waals surface area contributed by atoms with E-state index in [1.54, 1.807) is 18.0 Å². The maximum Gasteiger partial charge on any atom is 0.239 e. The van der Waals surface area contributed by atoms with E-state index in [0.717, 1.165) is 0 Å². The van der Waals surface area contributed by atoms with Crippen LogP contribution < -0.4 is 10.2 Å². The molecule has 0 unspecified atom stereocenters. The fourth-order valence-electron chi connectivity index (χ4n) is 1.47. The molecule has 0 atom stereocenters. The van der Waals surface area contributed by atoms with E-state index >= 15 is 0 Å². The summed E-state index contributed by atoms with van der Waals surface area (Å²) < 4.78 is 0. The summed E-state index contributed by atoms with van der Waals surface area (Å²) in [5, 5.41) is 3.23. The number of rotatable bonds is 5. The minimum atomic E-state index is -0.0414. The molecule has 1 heterocycles. The fraction of sp³-hybridized carbons (Fsp3) is 0.583. The average Bonchev–Trinajstić information content (AvgIpc) is 2.26. The predicted molar refractivity (Wildman–Crippen MR) is 73.0 cm³/mol. The molecule has 5 nitrogen and oxygen atoms in total. The van der Waals surface area contributed by atoms with E-state index in [-0.39, 0.29) is 18.5 Å². The molecular formula is C12H19ClN4O. The van der Waals surface area contributed by atoms with Crippen LogP contribution in [0.1, 0.15) is 26.6 Å². The van der Waals surface area contributed by atoms with Crippen LogP contribution in [0.2, 0.25) is 5.15 Å². The molecule has 0 bridgehead atoms. The van der Waals surface area contributed by atoms with Gasteiger partial charge in [-0.2, -0.15) is 0 Å². The highest BCUT2D eigenvalue weighted by Gasteiger charge is 2.11. The number of nitrogens with one attached hydrogen (secondary N) is 1. The largest absolute Gasteiger partial charge is 0.352 e. The maximum absolute atomic E-state index is 11.6. The Balaban J connectivity index is 2.74. The molecule has 0 aromatic carbocycles. The van der Waals surface area contributed by atoms with Crippen LogP contribution in [-0.2, 0) is 11.2 Å². The average molecular weight is 271 g/mol. The van der Waals surface area contributed by atoms with Gasteiger partial charge in [-0.25, -0.2) is 9.97 Å². The van der Waals surface area contributed by atoms with Gasteiger partial charge >= 0.3 is 0 Å². The third-order valence-electron chi connectivity index (χ3n) is 2.27. The first kappa shape index (κ1) is 14.7. The molecule has 0 aliphatic rings. The molecule has 0 saturated heterocycles. The molecule has 100 valence electrons. The van der Waals surface area contributed by atoms with E-state index in [0.29, 0.717) is 23.2 Å².